The van der Waals surface area contributed by atoms with Gasteiger partial charge in [-0.05, 0) is 26.8 Å². The van der Waals surface area contributed by atoms with Gasteiger partial charge in [0.05, 0.1) is 5.02 Å². The van der Waals surface area contributed by atoms with Crippen LogP contribution in [0, 0.1) is 6.92 Å². The third kappa shape index (κ3) is 3.28. The van der Waals surface area contributed by atoms with Crippen molar-refractivity contribution in [3.05, 3.63) is 35.2 Å². The van der Waals surface area contributed by atoms with Gasteiger partial charge in [-0.25, -0.2) is 15.0 Å². The molecule has 3 N–H and O–H groups in total. The zero-order valence-corrected chi connectivity index (χ0v) is 15.2. The number of carbonyl (C=O) groups is 1. The highest BCUT2D eigenvalue weighted by molar-refractivity contribution is 6.31. The standard InChI is InChI=1S/C17H19ClN6O/c1-9-6-20-15(23-13(9)24-17(2,3)16(25)19-4)12-8-22-14-11(12)5-10(18)7-21-14/h5-8H,1-4H3,(H,19,25)(H,21,22)(H,20,23,24). The summed E-state index contributed by atoms with van der Waals surface area (Å²) < 4.78 is 0. The van der Waals surface area contributed by atoms with Crippen molar-refractivity contribution in [1.29, 1.82) is 0 Å². The molecule has 0 saturated heterocycles. The lowest BCUT2D eigenvalue weighted by Crippen LogP contribution is -2.47. The van der Waals surface area contributed by atoms with Crippen LogP contribution in [0.3, 0.4) is 0 Å². The van der Waals surface area contributed by atoms with Gasteiger partial charge < -0.3 is 15.6 Å². The predicted molar refractivity (Wildman–Crippen MR) is 98.6 cm³/mol. The summed E-state index contributed by atoms with van der Waals surface area (Å²) in [5.74, 6) is 0.995. The first-order chi connectivity index (χ1) is 11.8. The molecule has 0 radical (unpaired) electrons. The highest BCUT2D eigenvalue weighted by Gasteiger charge is 2.27. The molecule has 3 aromatic rings. The number of hydrogen-bond donors (Lipinski definition) is 3. The number of pyridine rings is 1. The molecule has 0 saturated carbocycles. The minimum absolute atomic E-state index is 0.130. The first-order valence-electron chi connectivity index (χ1n) is 7.79. The summed E-state index contributed by atoms with van der Waals surface area (Å²) in [6, 6.07) is 1.82. The van der Waals surface area contributed by atoms with Gasteiger partial charge >= 0.3 is 0 Å². The SMILES string of the molecule is CNC(=O)C(C)(C)Nc1nc(-c2c[nH]c3ncc(Cl)cc23)ncc1C. The van der Waals surface area contributed by atoms with E-state index in [-0.39, 0.29) is 5.91 Å². The molecule has 3 aromatic heterocycles. The highest BCUT2D eigenvalue weighted by atomic mass is 35.5. The van der Waals surface area contributed by atoms with E-state index in [1.807, 2.05) is 13.0 Å². The molecule has 0 aliphatic rings. The fourth-order valence-corrected chi connectivity index (χ4v) is 2.68. The fraction of sp³-hybridized carbons (Fsp3) is 0.294. The smallest absolute Gasteiger partial charge is 0.244 e. The highest BCUT2D eigenvalue weighted by Crippen LogP contribution is 2.28. The average molecular weight is 359 g/mol. The van der Waals surface area contributed by atoms with Crippen LogP contribution in [0.1, 0.15) is 19.4 Å². The third-order valence-electron chi connectivity index (χ3n) is 3.94. The molecular formula is C17H19ClN6O. The topological polar surface area (TPSA) is 95.6 Å². The molecule has 0 fully saturated rings. The Balaban J connectivity index is 2.04. The van der Waals surface area contributed by atoms with Gasteiger partial charge in [0.1, 0.15) is 17.0 Å². The molecule has 130 valence electrons. The maximum absolute atomic E-state index is 12.0. The molecule has 8 heteroatoms. The second-order valence-electron chi connectivity index (χ2n) is 6.31. The van der Waals surface area contributed by atoms with Gasteiger partial charge in [-0.1, -0.05) is 11.6 Å². The van der Waals surface area contributed by atoms with Crippen LogP contribution in [0.5, 0.6) is 0 Å². The zero-order chi connectivity index (χ0) is 18.2. The average Bonchev–Trinajstić information content (AvgIpc) is 2.98. The van der Waals surface area contributed by atoms with Crippen molar-refractivity contribution in [2.75, 3.05) is 12.4 Å². The zero-order valence-electron chi connectivity index (χ0n) is 14.4. The second kappa shape index (κ2) is 6.33. The van der Waals surface area contributed by atoms with Crippen LogP contribution < -0.4 is 10.6 Å². The lowest BCUT2D eigenvalue weighted by molar-refractivity contribution is -0.124. The molecular weight excluding hydrogens is 340 g/mol. The summed E-state index contributed by atoms with van der Waals surface area (Å²) in [4.78, 5) is 28.4. The number of aryl methyl sites for hydroxylation is 1. The van der Waals surface area contributed by atoms with Crippen LogP contribution in [0.15, 0.2) is 24.7 Å². The minimum atomic E-state index is -0.809. The molecule has 7 nitrogen and oxygen atoms in total. The number of anilines is 1. The monoisotopic (exact) mass is 358 g/mol. The van der Waals surface area contributed by atoms with E-state index in [1.165, 1.54) is 0 Å². The second-order valence-corrected chi connectivity index (χ2v) is 6.74. The number of amides is 1. The number of H-pyrrole nitrogens is 1. The molecule has 0 spiro atoms. The lowest BCUT2D eigenvalue weighted by Gasteiger charge is -2.25. The van der Waals surface area contributed by atoms with E-state index in [0.29, 0.717) is 22.3 Å². The van der Waals surface area contributed by atoms with Gasteiger partial charge in [0.15, 0.2) is 5.82 Å². The maximum atomic E-state index is 12.0. The molecule has 0 aliphatic heterocycles. The number of nitrogens with one attached hydrogen (secondary N) is 3. The Morgan fingerprint density at radius 2 is 2.04 bits per heavy atom. The third-order valence-corrected chi connectivity index (χ3v) is 4.14. The lowest BCUT2D eigenvalue weighted by atomic mass is 10.0. The first kappa shape index (κ1) is 17.2. The molecule has 3 rings (SSSR count). The van der Waals surface area contributed by atoms with Crippen molar-refractivity contribution in [3.63, 3.8) is 0 Å². The van der Waals surface area contributed by atoms with E-state index in [9.17, 15) is 4.79 Å². The van der Waals surface area contributed by atoms with Crippen LogP contribution in [0.25, 0.3) is 22.4 Å². The maximum Gasteiger partial charge on any atom is 0.244 e. The summed E-state index contributed by atoms with van der Waals surface area (Å²) in [6.45, 7) is 5.48. The van der Waals surface area contributed by atoms with Crippen molar-refractivity contribution in [2.24, 2.45) is 0 Å². The number of likely N-dealkylation sites (N-methyl/N-ethyl adjacent to an activating group) is 1. The summed E-state index contributed by atoms with van der Waals surface area (Å²) in [5.41, 5.74) is 1.54. The van der Waals surface area contributed by atoms with Crippen LogP contribution >= 0.6 is 11.6 Å². The Bertz CT molecular complexity index is 949. The normalized spacial score (nSPS) is 11.6. The molecule has 3 heterocycles. The summed E-state index contributed by atoms with van der Waals surface area (Å²) in [6.07, 6.45) is 5.10. The largest absolute Gasteiger partial charge is 0.357 e. The Morgan fingerprint density at radius 1 is 1.28 bits per heavy atom. The minimum Gasteiger partial charge on any atom is -0.357 e. The van der Waals surface area contributed by atoms with E-state index in [2.05, 4.69) is 30.6 Å². The fourth-order valence-electron chi connectivity index (χ4n) is 2.53. The Labute approximate surface area is 150 Å². The van der Waals surface area contributed by atoms with E-state index < -0.39 is 5.54 Å². The quantitative estimate of drug-likeness (QED) is 0.666. The summed E-state index contributed by atoms with van der Waals surface area (Å²) >= 11 is 6.06. The van der Waals surface area contributed by atoms with Gasteiger partial charge in [0.25, 0.3) is 0 Å². The summed E-state index contributed by atoms with van der Waals surface area (Å²) in [7, 11) is 1.60. The van der Waals surface area contributed by atoms with Crippen LogP contribution in [0.2, 0.25) is 5.02 Å². The van der Waals surface area contributed by atoms with Crippen molar-refractivity contribution >= 4 is 34.4 Å². The van der Waals surface area contributed by atoms with E-state index in [4.69, 9.17) is 11.6 Å². The number of carbonyl (C=O) groups excluding carboxylic acids is 1. The van der Waals surface area contributed by atoms with Crippen molar-refractivity contribution < 1.29 is 4.79 Å². The molecule has 0 atom stereocenters. The molecule has 1 amide bonds. The van der Waals surface area contributed by atoms with Crippen molar-refractivity contribution in [3.8, 4) is 11.4 Å². The van der Waals surface area contributed by atoms with E-state index >= 15 is 0 Å². The molecule has 0 bridgehead atoms. The number of aromatic amines is 1. The van der Waals surface area contributed by atoms with Crippen LogP contribution in [0.4, 0.5) is 5.82 Å². The predicted octanol–water partition coefficient (Wildman–Crippen LogP) is 2.92. The van der Waals surface area contributed by atoms with Gasteiger partial charge in [-0.15, -0.1) is 0 Å². The number of fused-ring (bicyclic) bond motifs is 1. The van der Waals surface area contributed by atoms with Gasteiger partial charge in [0, 0.05) is 42.2 Å². The Morgan fingerprint density at radius 3 is 2.76 bits per heavy atom. The number of nitrogens with zero attached hydrogens (tertiary/aromatic N) is 3. The van der Waals surface area contributed by atoms with Crippen molar-refractivity contribution in [2.45, 2.75) is 26.3 Å². The van der Waals surface area contributed by atoms with Crippen LogP contribution in [-0.4, -0.2) is 38.4 Å². The Kier molecular flexibility index (Phi) is 4.34. The molecule has 25 heavy (non-hydrogen) atoms. The number of hydrogen-bond acceptors (Lipinski definition) is 5. The summed E-state index contributed by atoms with van der Waals surface area (Å²) in [5, 5.41) is 7.21. The van der Waals surface area contributed by atoms with Crippen LogP contribution in [-0.2, 0) is 4.79 Å². The van der Waals surface area contributed by atoms with Gasteiger partial charge in [-0.3, -0.25) is 4.79 Å². The number of halogens is 1. The van der Waals surface area contributed by atoms with E-state index in [1.54, 1.807) is 39.5 Å². The molecule has 0 aromatic carbocycles. The number of rotatable bonds is 4. The first-order valence-corrected chi connectivity index (χ1v) is 8.16. The van der Waals surface area contributed by atoms with Gasteiger partial charge in [-0.2, -0.15) is 0 Å². The Hall–Kier alpha value is -2.67. The number of aromatic nitrogens is 4. The molecule has 0 unspecified atom stereocenters. The van der Waals surface area contributed by atoms with Crippen molar-refractivity contribution in [1.82, 2.24) is 25.3 Å². The molecule has 0 aliphatic carbocycles. The van der Waals surface area contributed by atoms with E-state index in [0.717, 1.165) is 16.5 Å². The van der Waals surface area contributed by atoms with Gasteiger partial charge in [0.2, 0.25) is 5.91 Å².